The molecule has 128 valence electrons. The second-order valence-electron chi connectivity index (χ2n) is 6.88. The van der Waals surface area contributed by atoms with Gasteiger partial charge in [-0.3, -0.25) is 4.99 Å². The van der Waals surface area contributed by atoms with Crippen LogP contribution in [0.3, 0.4) is 0 Å². The molecule has 0 amide bonds. The number of piperidine rings is 2. The lowest BCUT2D eigenvalue weighted by atomic mass is 9.96. The lowest BCUT2D eigenvalue weighted by Gasteiger charge is -2.35. The molecule has 0 aromatic carbocycles. The predicted molar refractivity (Wildman–Crippen MR) is 92.4 cm³/mol. The summed E-state index contributed by atoms with van der Waals surface area (Å²) in [7, 11) is 3.69. The van der Waals surface area contributed by atoms with E-state index in [0.29, 0.717) is 0 Å². The maximum absolute atomic E-state index is 5.16. The SMILES string of the molecule is CN=C(NCC1CCN(CCOC)CC1)N1CCC(C)CC1. The molecule has 5 nitrogen and oxygen atoms in total. The first-order valence-corrected chi connectivity index (χ1v) is 8.89. The van der Waals surface area contributed by atoms with Gasteiger partial charge in [-0.1, -0.05) is 6.92 Å². The molecular weight excluding hydrogens is 276 g/mol. The zero-order valence-corrected chi connectivity index (χ0v) is 14.7. The van der Waals surface area contributed by atoms with E-state index in [-0.39, 0.29) is 0 Å². The third kappa shape index (κ3) is 5.43. The van der Waals surface area contributed by atoms with Gasteiger partial charge in [-0.25, -0.2) is 0 Å². The van der Waals surface area contributed by atoms with Crippen molar-refractivity contribution in [2.45, 2.75) is 32.6 Å². The highest BCUT2D eigenvalue weighted by Crippen LogP contribution is 2.18. The van der Waals surface area contributed by atoms with Crippen molar-refractivity contribution < 1.29 is 4.74 Å². The number of ether oxygens (including phenoxy) is 1. The van der Waals surface area contributed by atoms with Gasteiger partial charge in [-0.15, -0.1) is 0 Å². The number of methoxy groups -OCH3 is 1. The molecule has 0 radical (unpaired) electrons. The minimum atomic E-state index is 0.777. The third-order valence-electron chi connectivity index (χ3n) is 5.16. The van der Waals surface area contributed by atoms with E-state index in [1.54, 1.807) is 7.11 Å². The molecule has 1 N–H and O–H groups in total. The van der Waals surface area contributed by atoms with Crippen molar-refractivity contribution in [3.8, 4) is 0 Å². The average Bonchev–Trinajstić information content (AvgIpc) is 2.56. The van der Waals surface area contributed by atoms with E-state index in [2.05, 4.69) is 27.0 Å². The lowest BCUT2D eigenvalue weighted by molar-refractivity contribution is 0.120. The molecule has 0 spiro atoms. The van der Waals surface area contributed by atoms with Gasteiger partial charge in [0.25, 0.3) is 0 Å². The maximum Gasteiger partial charge on any atom is 0.193 e. The van der Waals surface area contributed by atoms with E-state index in [1.165, 1.54) is 38.8 Å². The molecule has 0 atom stereocenters. The van der Waals surface area contributed by atoms with Crippen LogP contribution in [0.1, 0.15) is 32.6 Å². The molecule has 2 aliphatic heterocycles. The number of hydrogen-bond donors (Lipinski definition) is 1. The number of likely N-dealkylation sites (tertiary alicyclic amines) is 2. The minimum absolute atomic E-state index is 0.777. The molecule has 0 saturated carbocycles. The zero-order valence-electron chi connectivity index (χ0n) is 14.7. The Morgan fingerprint density at radius 3 is 2.41 bits per heavy atom. The van der Waals surface area contributed by atoms with Crippen LogP contribution in [-0.2, 0) is 4.74 Å². The Kier molecular flexibility index (Phi) is 7.46. The highest BCUT2D eigenvalue weighted by atomic mass is 16.5. The van der Waals surface area contributed by atoms with Crippen LogP contribution < -0.4 is 5.32 Å². The van der Waals surface area contributed by atoms with Crippen molar-refractivity contribution in [1.29, 1.82) is 0 Å². The molecule has 2 fully saturated rings. The fourth-order valence-electron chi connectivity index (χ4n) is 3.42. The molecule has 0 aliphatic carbocycles. The van der Waals surface area contributed by atoms with Gasteiger partial charge in [0.1, 0.15) is 0 Å². The highest BCUT2D eigenvalue weighted by molar-refractivity contribution is 5.79. The van der Waals surface area contributed by atoms with E-state index >= 15 is 0 Å². The summed E-state index contributed by atoms with van der Waals surface area (Å²) >= 11 is 0. The van der Waals surface area contributed by atoms with Crippen LogP contribution >= 0.6 is 0 Å². The second kappa shape index (κ2) is 9.36. The van der Waals surface area contributed by atoms with Crippen LogP contribution in [0.25, 0.3) is 0 Å². The van der Waals surface area contributed by atoms with Crippen molar-refractivity contribution in [2.24, 2.45) is 16.8 Å². The normalized spacial score (nSPS) is 23.0. The van der Waals surface area contributed by atoms with Crippen LogP contribution in [0.4, 0.5) is 0 Å². The summed E-state index contributed by atoms with van der Waals surface area (Å²) in [5.74, 6) is 2.75. The first kappa shape index (κ1) is 17.5. The summed E-state index contributed by atoms with van der Waals surface area (Å²) < 4.78 is 5.16. The van der Waals surface area contributed by atoms with Crippen molar-refractivity contribution in [2.75, 3.05) is 60.0 Å². The molecule has 2 rings (SSSR count). The monoisotopic (exact) mass is 310 g/mol. The first-order chi connectivity index (χ1) is 10.7. The van der Waals surface area contributed by atoms with Crippen LogP contribution in [0.15, 0.2) is 4.99 Å². The summed E-state index contributed by atoms with van der Waals surface area (Å²) in [5, 5.41) is 3.61. The van der Waals surface area contributed by atoms with Gasteiger partial charge in [-0.2, -0.15) is 0 Å². The Bertz CT molecular complexity index is 332. The number of nitrogens with one attached hydrogen (secondary N) is 1. The number of hydrogen-bond acceptors (Lipinski definition) is 3. The first-order valence-electron chi connectivity index (χ1n) is 8.89. The Balaban J connectivity index is 1.67. The molecule has 22 heavy (non-hydrogen) atoms. The second-order valence-corrected chi connectivity index (χ2v) is 6.88. The standard InChI is InChI=1S/C17H34N4O/c1-15-4-10-21(11-5-15)17(18-2)19-14-16-6-8-20(9-7-16)12-13-22-3/h15-16H,4-14H2,1-3H3,(H,18,19). The maximum atomic E-state index is 5.16. The molecule has 2 heterocycles. The molecule has 0 aromatic heterocycles. The Labute approximate surface area is 136 Å². The van der Waals surface area contributed by atoms with Gasteiger partial charge in [0.05, 0.1) is 6.61 Å². The van der Waals surface area contributed by atoms with Gasteiger partial charge in [0.2, 0.25) is 0 Å². The Morgan fingerprint density at radius 2 is 1.82 bits per heavy atom. The summed E-state index contributed by atoms with van der Waals surface area (Å²) in [6.07, 6.45) is 5.15. The topological polar surface area (TPSA) is 40.1 Å². The number of aliphatic imine (C=N–C) groups is 1. The van der Waals surface area contributed by atoms with Gasteiger partial charge in [0.15, 0.2) is 5.96 Å². The van der Waals surface area contributed by atoms with Crippen LogP contribution in [0, 0.1) is 11.8 Å². The number of nitrogens with zero attached hydrogens (tertiary/aromatic N) is 3. The fourth-order valence-corrected chi connectivity index (χ4v) is 3.42. The number of guanidine groups is 1. The van der Waals surface area contributed by atoms with E-state index < -0.39 is 0 Å². The van der Waals surface area contributed by atoms with Crippen LogP contribution in [0.5, 0.6) is 0 Å². The molecule has 0 unspecified atom stereocenters. The fraction of sp³-hybridized carbons (Fsp3) is 0.941. The molecular formula is C17H34N4O. The molecule has 0 bridgehead atoms. The minimum Gasteiger partial charge on any atom is -0.383 e. The summed E-state index contributed by atoms with van der Waals surface area (Å²) in [5.41, 5.74) is 0. The third-order valence-corrected chi connectivity index (χ3v) is 5.16. The predicted octanol–water partition coefficient (Wildman–Crippen LogP) is 1.65. The highest BCUT2D eigenvalue weighted by Gasteiger charge is 2.21. The molecule has 5 heteroatoms. The van der Waals surface area contributed by atoms with Gasteiger partial charge < -0.3 is 19.9 Å². The summed E-state index contributed by atoms with van der Waals surface area (Å²) in [4.78, 5) is 9.42. The average molecular weight is 310 g/mol. The van der Waals surface area contributed by atoms with Gasteiger partial charge in [-0.05, 0) is 50.6 Å². The zero-order chi connectivity index (χ0) is 15.8. The Morgan fingerprint density at radius 1 is 1.14 bits per heavy atom. The van der Waals surface area contributed by atoms with Gasteiger partial charge >= 0.3 is 0 Å². The van der Waals surface area contributed by atoms with Crippen LogP contribution in [0.2, 0.25) is 0 Å². The smallest absolute Gasteiger partial charge is 0.193 e. The quantitative estimate of drug-likeness (QED) is 0.619. The molecule has 2 aliphatic rings. The summed E-state index contributed by atoms with van der Waals surface area (Å²) in [6.45, 7) is 10.0. The van der Waals surface area contributed by atoms with Crippen molar-refractivity contribution in [3.05, 3.63) is 0 Å². The summed E-state index contributed by atoms with van der Waals surface area (Å²) in [6, 6.07) is 0. The number of rotatable bonds is 5. The molecule has 2 saturated heterocycles. The Hall–Kier alpha value is -0.810. The lowest BCUT2D eigenvalue weighted by Crippen LogP contribution is -2.47. The molecule has 0 aromatic rings. The van der Waals surface area contributed by atoms with Crippen LogP contribution in [-0.4, -0.2) is 75.8 Å². The van der Waals surface area contributed by atoms with E-state index in [4.69, 9.17) is 4.74 Å². The van der Waals surface area contributed by atoms with E-state index in [0.717, 1.165) is 50.6 Å². The largest absolute Gasteiger partial charge is 0.383 e. The van der Waals surface area contributed by atoms with Gasteiger partial charge in [0, 0.05) is 40.3 Å². The van der Waals surface area contributed by atoms with E-state index in [9.17, 15) is 0 Å². The van der Waals surface area contributed by atoms with Crippen molar-refractivity contribution in [3.63, 3.8) is 0 Å². The van der Waals surface area contributed by atoms with E-state index in [1.807, 2.05) is 7.05 Å². The van der Waals surface area contributed by atoms with Crippen molar-refractivity contribution in [1.82, 2.24) is 15.1 Å². The van der Waals surface area contributed by atoms with Crippen molar-refractivity contribution >= 4 is 5.96 Å².